The highest BCUT2D eigenvalue weighted by Gasteiger charge is 2.59. The van der Waals surface area contributed by atoms with E-state index < -0.39 is 64.5 Å². The van der Waals surface area contributed by atoms with Crippen molar-refractivity contribution >= 4 is 23.1 Å². The van der Waals surface area contributed by atoms with E-state index in [1.54, 1.807) is 20.2 Å². The van der Waals surface area contributed by atoms with E-state index in [1.807, 2.05) is 0 Å². The molecule has 0 spiro atoms. The lowest BCUT2D eigenvalue weighted by atomic mass is 9.58. The monoisotopic (exact) mass is 442 g/mol. The third-order valence-corrected chi connectivity index (χ3v) is 6.54. The van der Waals surface area contributed by atoms with Crippen molar-refractivity contribution < 1.29 is 39.6 Å². The predicted octanol–water partition coefficient (Wildman–Crippen LogP) is 0.379. The summed E-state index contributed by atoms with van der Waals surface area (Å²) in [5.41, 5.74) is -0.581. The molecule has 3 aliphatic rings. The fourth-order valence-electron chi connectivity index (χ4n) is 5.22. The average Bonchev–Trinajstić information content (AvgIpc) is 2.73. The number of nitrogens with two attached hydrogens (primary N) is 1. The molecule has 10 nitrogen and oxygen atoms in total. The Bertz CT molecular complexity index is 1150. The normalized spacial score (nSPS) is 29.7. The van der Waals surface area contributed by atoms with Gasteiger partial charge in [0.25, 0.3) is 0 Å². The van der Waals surface area contributed by atoms with Crippen molar-refractivity contribution in [1.82, 2.24) is 4.90 Å². The van der Waals surface area contributed by atoms with E-state index in [1.165, 1.54) is 17.0 Å². The highest BCUT2D eigenvalue weighted by atomic mass is 16.7. The van der Waals surface area contributed by atoms with Crippen LogP contribution in [0.15, 0.2) is 47.4 Å². The Hall–Kier alpha value is -3.47. The smallest absolute Gasteiger partial charge is 0.363 e. The first kappa shape index (κ1) is 21.8. The molecule has 0 amide bonds. The zero-order chi connectivity index (χ0) is 23.6. The molecule has 0 aromatic heterocycles. The molecule has 3 aliphatic carbocycles. The minimum Gasteiger partial charge on any atom is -0.511 e. The molecule has 1 aromatic rings. The Labute approximate surface area is 182 Å². The molecule has 10 heteroatoms. The van der Waals surface area contributed by atoms with Crippen LogP contribution in [0.25, 0.3) is 5.57 Å². The van der Waals surface area contributed by atoms with Gasteiger partial charge in [0.15, 0.2) is 11.6 Å². The van der Waals surface area contributed by atoms with Gasteiger partial charge in [0.05, 0.1) is 23.6 Å². The summed E-state index contributed by atoms with van der Waals surface area (Å²) in [7, 11) is 3.10. The summed E-state index contributed by atoms with van der Waals surface area (Å²) in [6, 6.07) is 3.29. The number of aliphatic hydroxyl groups excluding tert-OH is 3. The van der Waals surface area contributed by atoms with Crippen LogP contribution in [-0.2, 0) is 14.4 Å². The number of ketones is 2. The number of Topliss-reactive ketones (excluding diaryl/α,β-unsaturated/α-hetero) is 2. The van der Waals surface area contributed by atoms with Gasteiger partial charge in [-0.3, -0.25) is 14.5 Å². The molecule has 0 bridgehead atoms. The molecule has 168 valence electrons. The molecule has 0 fully saturated rings. The number of hydrogen-bond acceptors (Lipinski definition) is 10. The number of allylic oxidation sites excluding steroid dienone is 1. The molecule has 0 aliphatic heterocycles. The van der Waals surface area contributed by atoms with Crippen LogP contribution in [0.2, 0.25) is 0 Å². The number of rotatable bonds is 2. The number of aromatic hydroxyl groups is 1. The SMILES string of the molecule is C=C1c2cccc(O)c2C(=O)C2=C(O)C3C(=O)C(C(=O)ON)=C(O)[C@@H](N(C)C)C3C(O)[C@H]12. The standard InChI is InChI=1S/C22H22N2O8/c1-7-8-5-4-6-9(25)11(8)18(27)13-10(7)17(26)12-14(19(13)28)20(29)15(22(31)32-23)21(30)16(12)24(2)3/h4-6,10,12,14,16-17,25-26,28,30H,1,23H2,2-3H3/t10-,12?,14?,16+,17?/m1/s1. The van der Waals surface area contributed by atoms with Crippen LogP contribution < -0.4 is 5.90 Å². The largest absolute Gasteiger partial charge is 0.511 e. The quantitative estimate of drug-likeness (QED) is 0.318. The molecule has 3 unspecified atom stereocenters. The van der Waals surface area contributed by atoms with Crippen LogP contribution in [0.3, 0.4) is 0 Å². The molecule has 0 saturated carbocycles. The van der Waals surface area contributed by atoms with E-state index in [9.17, 15) is 34.8 Å². The van der Waals surface area contributed by atoms with Crippen LogP contribution in [0, 0.1) is 17.8 Å². The van der Waals surface area contributed by atoms with Gasteiger partial charge in [0.1, 0.15) is 22.8 Å². The highest BCUT2D eigenvalue weighted by Crippen LogP contribution is 2.53. The minimum atomic E-state index is -1.53. The van der Waals surface area contributed by atoms with E-state index in [0.29, 0.717) is 5.56 Å². The number of phenols is 1. The van der Waals surface area contributed by atoms with Gasteiger partial charge in [-0.2, -0.15) is 5.90 Å². The molecule has 0 heterocycles. The molecular formula is C22H22N2O8. The number of aliphatic hydroxyl groups is 3. The zero-order valence-corrected chi connectivity index (χ0v) is 17.3. The van der Waals surface area contributed by atoms with Crippen molar-refractivity contribution in [3.05, 3.63) is 58.6 Å². The summed E-state index contributed by atoms with van der Waals surface area (Å²) in [5.74, 6) is -3.59. The second-order valence-electron chi connectivity index (χ2n) is 8.31. The highest BCUT2D eigenvalue weighted by molar-refractivity contribution is 6.22. The lowest BCUT2D eigenvalue weighted by molar-refractivity contribution is -0.144. The maximum absolute atomic E-state index is 13.3. The van der Waals surface area contributed by atoms with Gasteiger partial charge in [0.2, 0.25) is 0 Å². The second kappa shape index (κ2) is 7.30. The summed E-state index contributed by atoms with van der Waals surface area (Å²) in [4.78, 5) is 44.2. The second-order valence-corrected chi connectivity index (χ2v) is 8.31. The van der Waals surface area contributed by atoms with E-state index in [0.717, 1.165) is 0 Å². The van der Waals surface area contributed by atoms with Crippen molar-refractivity contribution in [2.45, 2.75) is 12.1 Å². The number of benzene rings is 1. The van der Waals surface area contributed by atoms with Crippen molar-refractivity contribution in [3.8, 4) is 5.75 Å². The number of fused-ring (bicyclic) bond motifs is 3. The number of hydrogen-bond donors (Lipinski definition) is 5. The van der Waals surface area contributed by atoms with Crippen LogP contribution >= 0.6 is 0 Å². The molecule has 1 aromatic carbocycles. The number of carbonyl (C=O) groups is 3. The Morgan fingerprint density at radius 3 is 2.38 bits per heavy atom. The fraction of sp³-hybridized carbons (Fsp3) is 0.318. The van der Waals surface area contributed by atoms with Crippen molar-refractivity contribution in [1.29, 1.82) is 0 Å². The number of nitrogens with zero attached hydrogens (tertiary/aromatic N) is 1. The Morgan fingerprint density at radius 1 is 1.12 bits per heavy atom. The third-order valence-electron chi connectivity index (χ3n) is 6.54. The lowest BCUT2D eigenvalue weighted by Gasteiger charge is -2.49. The van der Waals surface area contributed by atoms with Gasteiger partial charge in [-0.05, 0) is 31.3 Å². The van der Waals surface area contributed by atoms with Gasteiger partial charge in [-0.25, -0.2) is 4.79 Å². The van der Waals surface area contributed by atoms with Gasteiger partial charge in [0, 0.05) is 17.4 Å². The summed E-state index contributed by atoms with van der Waals surface area (Å²) in [6.07, 6.45) is -1.44. The molecule has 0 saturated heterocycles. The zero-order valence-electron chi connectivity index (χ0n) is 17.3. The Kier molecular flexibility index (Phi) is 4.96. The Morgan fingerprint density at radius 2 is 1.78 bits per heavy atom. The van der Waals surface area contributed by atoms with Gasteiger partial charge >= 0.3 is 5.97 Å². The average molecular weight is 442 g/mol. The lowest BCUT2D eigenvalue weighted by Crippen LogP contribution is -2.58. The molecular weight excluding hydrogens is 420 g/mol. The first-order chi connectivity index (χ1) is 15.0. The van der Waals surface area contributed by atoms with Crippen LogP contribution in [0.4, 0.5) is 0 Å². The van der Waals surface area contributed by atoms with Crippen molar-refractivity contribution in [2.75, 3.05) is 14.1 Å². The van der Waals surface area contributed by atoms with Gasteiger partial charge in [-0.15, -0.1) is 0 Å². The number of phenolic OH excluding ortho intramolecular Hbond substituents is 1. The van der Waals surface area contributed by atoms with Crippen molar-refractivity contribution in [2.24, 2.45) is 23.7 Å². The van der Waals surface area contributed by atoms with Gasteiger partial charge in [-0.1, -0.05) is 18.7 Å². The van der Waals surface area contributed by atoms with Crippen LogP contribution in [0.1, 0.15) is 15.9 Å². The third kappa shape index (κ3) is 2.67. The first-order valence-electron chi connectivity index (χ1n) is 9.76. The topological polar surface area (TPSA) is 171 Å². The number of likely N-dealkylation sites (N-methyl/N-ethyl adjacent to an activating group) is 1. The van der Waals surface area contributed by atoms with E-state index in [2.05, 4.69) is 11.4 Å². The summed E-state index contributed by atoms with van der Waals surface area (Å²) in [6.45, 7) is 3.97. The van der Waals surface area contributed by atoms with E-state index in [4.69, 9.17) is 5.90 Å². The van der Waals surface area contributed by atoms with Crippen LogP contribution in [-0.4, -0.2) is 69.1 Å². The maximum Gasteiger partial charge on any atom is 0.363 e. The van der Waals surface area contributed by atoms with Crippen LogP contribution in [0.5, 0.6) is 5.75 Å². The molecule has 32 heavy (non-hydrogen) atoms. The maximum atomic E-state index is 13.3. The predicted molar refractivity (Wildman–Crippen MR) is 110 cm³/mol. The summed E-state index contributed by atoms with van der Waals surface area (Å²) >= 11 is 0. The molecule has 0 radical (unpaired) electrons. The number of carbonyl (C=O) groups excluding carboxylic acids is 3. The van der Waals surface area contributed by atoms with E-state index in [-0.39, 0.29) is 22.5 Å². The summed E-state index contributed by atoms with van der Waals surface area (Å²) in [5, 5.41) is 43.5. The Balaban J connectivity index is 2.00. The van der Waals surface area contributed by atoms with Crippen molar-refractivity contribution in [3.63, 3.8) is 0 Å². The molecule has 5 atom stereocenters. The molecule has 6 N–H and O–H groups in total. The minimum absolute atomic E-state index is 0.103. The van der Waals surface area contributed by atoms with E-state index >= 15 is 0 Å². The summed E-state index contributed by atoms with van der Waals surface area (Å²) < 4.78 is 0. The van der Waals surface area contributed by atoms with Gasteiger partial charge < -0.3 is 25.3 Å². The fourth-order valence-corrected chi connectivity index (χ4v) is 5.22. The first-order valence-corrected chi connectivity index (χ1v) is 9.76. The molecule has 4 rings (SSSR count).